The molecule has 2 heterocycles. The van der Waals surface area contributed by atoms with E-state index in [1.165, 1.54) is 56.5 Å². The van der Waals surface area contributed by atoms with Gasteiger partial charge in [0.15, 0.2) is 0 Å². The summed E-state index contributed by atoms with van der Waals surface area (Å²) in [7, 11) is 0. The quantitative estimate of drug-likeness (QED) is 0.876. The van der Waals surface area contributed by atoms with E-state index in [4.69, 9.17) is 0 Å². The van der Waals surface area contributed by atoms with Gasteiger partial charge in [-0.2, -0.15) is 0 Å². The topological polar surface area (TPSA) is 29.0 Å². The monoisotopic (exact) mass is 261 g/mol. The fourth-order valence-corrected chi connectivity index (χ4v) is 3.92. The lowest BCUT2D eigenvalue weighted by Gasteiger charge is -2.37. The zero-order chi connectivity index (χ0) is 13.2. The third-order valence-corrected chi connectivity index (χ3v) is 5.00. The highest BCUT2D eigenvalue weighted by atomic mass is 15.4. The lowest BCUT2D eigenvalue weighted by molar-refractivity contribution is 0.251. The van der Waals surface area contributed by atoms with E-state index in [0.29, 0.717) is 6.04 Å². The summed E-state index contributed by atoms with van der Waals surface area (Å²) in [6.07, 6.45) is 8.21. The third-order valence-electron chi connectivity index (χ3n) is 5.00. The molecule has 19 heavy (non-hydrogen) atoms. The van der Waals surface area contributed by atoms with Crippen molar-refractivity contribution in [3.8, 4) is 0 Å². The van der Waals surface area contributed by atoms with E-state index in [9.17, 15) is 0 Å². The second-order valence-electron chi connectivity index (χ2n) is 6.34. The van der Waals surface area contributed by atoms with Gasteiger partial charge in [0.2, 0.25) is 0 Å². The molecular weight excluding hydrogens is 234 g/mol. The van der Waals surface area contributed by atoms with Crippen LogP contribution in [0.1, 0.15) is 49.9 Å². The van der Waals surface area contributed by atoms with Crippen LogP contribution in [0, 0.1) is 19.8 Å². The average molecular weight is 261 g/mol. The van der Waals surface area contributed by atoms with Crippen molar-refractivity contribution >= 4 is 0 Å². The maximum Gasteiger partial charge on any atom is 0.0467 e. The van der Waals surface area contributed by atoms with Crippen molar-refractivity contribution in [3.63, 3.8) is 0 Å². The molecule has 3 unspecified atom stereocenters. The number of rotatable bonds is 3. The van der Waals surface area contributed by atoms with E-state index in [2.05, 4.69) is 41.4 Å². The molecule has 3 rings (SSSR count). The van der Waals surface area contributed by atoms with Crippen LogP contribution < -0.4 is 10.7 Å². The van der Waals surface area contributed by atoms with Crippen LogP contribution >= 0.6 is 0 Å². The summed E-state index contributed by atoms with van der Waals surface area (Å²) in [6.45, 7) is 5.59. The van der Waals surface area contributed by atoms with E-state index in [1.807, 2.05) is 0 Å². The van der Waals surface area contributed by atoms with Crippen LogP contribution in [0.4, 0.5) is 0 Å². The van der Waals surface area contributed by atoms with Gasteiger partial charge in [0.25, 0.3) is 0 Å². The maximum absolute atomic E-state index is 3.80. The molecule has 106 valence electrons. The molecule has 0 amide bonds. The third kappa shape index (κ3) is 2.66. The van der Waals surface area contributed by atoms with Crippen molar-refractivity contribution in [3.05, 3.63) is 23.5 Å². The fourth-order valence-electron chi connectivity index (χ4n) is 3.92. The highest BCUT2D eigenvalue weighted by molar-refractivity contribution is 5.16. The smallest absolute Gasteiger partial charge is 0.0467 e. The normalized spacial score (nSPS) is 31.6. The lowest BCUT2D eigenvalue weighted by atomic mass is 9.79. The minimum absolute atomic E-state index is 0.633. The fraction of sp³-hybridized carbons (Fsp3) is 0.750. The zero-order valence-electron chi connectivity index (χ0n) is 12.3. The summed E-state index contributed by atoms with van der Waals surface area (Å²) in [5.74, 6) is 0.803. The molecule has 1 aromatic rings. The number of hydrogen-bond donors (Lipinski definition) is 2. The molecule has 1 aliphatic heterocycles. The Morgan fingerprint density at radius 2 is 1.79 bits per heavy atom. The SMILES string of the molecule is Cc1ccc(C)n1NC1CCCCC1C1CCCN1. The van der Waals surface area contributed by atoms with Crippen molar-refractivity contribution in [2.45, 2.75) is 64.5 Å². The summed E-state index contributed by atoms with van der Waals surface area (Å²) in [5, 5.41) is 3.72. The largest absolute Gasteiger partial charge is 0.323 e. The van der Waals surface area contributed by atoms with Crippen molar-refractivity contribution in [2.24, 2.45) is 5.92 Å². The van der Waals surface area contributed by atoms with Crippen molar-refractivity contribution in [1.29, 1.82) is 0 Å². The number of aryl methyl sites for hydroxylation is 2. The predicted octanol–water partition coefficient (Wildman–Crippen LogP) is 2.96. The highest BCUT2D eigenvalue weighted by Gasteiger charge is 2.33. The number of hydrogen-bond acceptors (Lipinski definition) is 2. The standard InChI is InChI=1S/C16H27N3/c1-12-9-10-13(2)19(12)18-16-7-4-3-6-14(16)15-8-5-11-17-15/h9-10,14-18H,3-8,11H2,1-2H3. The molecule has 1 saturated heterocycles. The minimum atomic E-state index is 0.633. The Bertz CT molecular complexity index is 398. The van der Waals surface area contributed by atoms with Crippen molar-refractivity contribution in [2.75, 3.05) is 12.0 Å². The number of nitrogens with one attached hydrogen (secondary N) is 2. The zero-order valence-corrected chi connectivity index (χ0v) is 12.3. The van der Waals surface area contributed by atoms with Crippen LogP contribution in [0.15, 0.2) is 12.1 Å². The second kappa shape index (κ2) is 5.58. The van der Waals surface area contributed by atoms with Crippen LogP contribution in [0.2, 0.25) is 0 Å². The Kier molecular flexibility index (Phi) is 3.83. The van der Waals surface area contributed by atoms with Crippen LogP contribution in [0.3, 0.4) is 0 Å². The summed E-state index contributed by atoms with van der Waals surface area (Å²) >= 11 is 0. The lowest BCUT2D eigenvalue weighted by Crippen LogP contribution is -2.46. The van der Waals surface area contributed by atoms with Crippen LogP contribution in [0.5, 0.6) is 0 Å². The molecule has 1 aliphatic carbocycles. The summed E-state index contributed by atoms with van der Waals surface area (Å²) < 4.78 is 2.29. The molecule has 2 fully saturated rings. The first kappa shape index (κ1) is 13.0. The van der Waals surface area contributed by atoms with Gasteiger partial charge in [0.1, 0.15) is 0 Å². The average Bonchev–Trinajstić information content (AvgIpc) is 3.05. The molecule has 2 aliphatic rings. The van der Waals surface area contributed by atoms with Crippen molar-refractivity contribution < 1.29 is 0 Å². The van der Waals surface area contributed by atoms with Gasteiger partial charge in [0, 0.05) is 23.5 Å². The molecule has 3 nitrogen and oxygen atoms in total. The predicted molar refractivity (Wildman–Crippen MR) is 80.0 cm³/mol. The molecule has 0 aromatic carbocycles. The van der Waals surface area contributed by atoms with Crippen molar-refractivity contribution in [1.82, 2.24) is 9.99 Å². The first-order valence-electron chi connectivity index (χ1n) is 7.90. The van der Waals surface area contributed by atoms with Gasteiger partial charge < -0.3 is 10.7 Å². The summed E-state index contributed by atoms with van der Waals surface area (Å²) in [4.78, 5) is 0. The van der Waals surface area contributed by atoms with Gasteiger partial charge in [-0.3, -0.25) is 4.68 Å². The van der Waals surface area contributed by atoms with E-state index in [1.54, 1.807) is 0 Å². The molecule has 0 bridgehead atoms. The molecule has 3 heteroatoms. The number of nitrogens with zero attached hydrogens (tertiary/aromatic N) is 1. The molecule has 0 spiro atoms. The van der Waals surface area contributed by atoms with Crippen LogP contribution in [-0.2, 0) is 0 Å². The first-order chi connectivity index (χ1) is 9.25. The van der Waals surface area contributed by atoms with E-state index in [-0.39, 0.29) is 0 Å². The van der Waals surface area contributed by atoms with Gasteiger partial charge in [-0.05, 0) is 64.1 Å². The first-order valence-corrected chi connectivity index (χ1v) is 7.90. The molecule has 2 N–H and O–H groups in total. The summed E-state index contributed by atoms with van der Waals surface area (Å²) in [5.41, 5.74) is 6.44. The maximum atomic E-state index is 3.80. The summed E-state index contributed by atoms with van der Waals surface area (Å²) in [6, 6.07) is 5.78. The van der Waals surface area contributed by atoms with Gasteiger partial charge in [0.05, 0.1) is 0 Å². The Labute approximate surface area is 116 Å². The van der Waals surface area contributed by atoms with E-state index in [0.717, 1.165) is 12.0 Å². The molecule has 3 atom stereocenters. The Morgan fingerprint density at radius 1 is 1.05 bits per heavy atom. The molecule has 1 aromatic heterocycles. The van der Waals surface area contributed by atoms with Gasteiger partial charge in [-0.15, -0.1) is 0 Å². The molecule has 0 radical (unpaired) electrons. The Morgan fingerprint density at radius 3 is 2.47 bits per heavy atom. The minimum Gasteiger partial charge on any atom is -0.323 e. The van der Waals surface area contributed by atoms with Gasteiger partial charge in [-0.1, -0.05) is 12.8 Å². The van der Waals surface area contributed by atoms with Gasteiger partial charge in [-0.25, -0.2) is 0 Å². The Balaban J connectivity index is 1.73. The van der Waals surface area contributed by atoms with E-state index >= 15 is 0 Å². The van der Waals surface area contributed by atoms with Crippen LogP contribution in [-0.4, -0.2) is 23.3 Å². The van der Waals surface area contributed by atoms with Gasteiger partial charge >= 0.3 is 0 Å². The van der Waals surface area contributed by atoms with Crippen LogP contribution in [0.25, 0.3) is 0 Å². The second-order valence-corrected chi connectivity index (χ2v) is 6.34. The Hall–Kier alpha value is -0.960. The van der Waals surface area contributed by atoms with E-state index < -0.39 is 0 Å². The highest BCUT2D eigenvalue weighted by Crippen LogP contribution is 2.31. The molecular formula is C16H27N3. The molecule has 1 saturated carbocycles. The number of aromatic nitrogens is 1.